The van der Waals surface area contributed by atoms with Crippen molar-refractivity contribution in [3.63, 3.8) is 0 Å². The van der Waals surface area contributed by atoms with E-state index in [4.69, 9.17) is 9.47 Å². The predicted molar refractivity (Wildman–Crippen MR) is 73.4 cm³/mol. The van der Waals surface area contributed by atoms with Gasteiger partial charge in [0.25, 0.3) is 0 Å². The summed E-state index contributed by atoms with van der Waals surface area (Å²) in [6.07, 6.45) is 3.48. The Labute approximate surface area is 119 Å². The topological polar surface area (TPSA) is 84.9 Å². The van der Waals surface area contributed by atoms with Gasteiger partial charge in [-0.2, -0.15) is 0 Å². The summed E-state index contributed by atoms with van der Waals surface area (Å²) < 4.78 is 10.4. The summed E-state index contributed by atoms with van der Waals surface area (Å²) >= 11 is 0. The second kappa shape index (κ2) is 8.71. The number of carbonyl (C=O) groups excluding carboxylic acids is 1. The highest BCUT2D eigenvalue weighted by molar-refractivity contribution is 5.79. The summed E-state index contributed by atoms with van der Waals surface area (Å²) in [5.41, 5.74) is -0.882. The van der Waals surface area contributed by atoms with Crippen molar-refractivity contribution in [3.8, 4) is 0 Å². The maximum atomic E-state index is 11.7. The number of ether oxygens (including phenoxy) is 2. The molecule has 1 saturated heterocycles. The highest BCUT2D eigenvalue weighted by atomic mass is 16.5. The molecule has 0 bridgehead atoms. The smallest absolute Gasteiger partial charge is 0.311 e. The van der Waals surface area contributed by atoms with E-state index in [1.165, 1.54) is 0 Å². The molecule has 0 saturated carbocycles. The quantitative estimate of drug-likeness (QED) is 0.487. The molecule has 0 aromatic heterocycles. The van der Waals surface area contributed by atoms with Gasteiger partial charge >= 0.3 is 5.97 Å². The molecule has 0 radical (unpaired) electrons. The zero-order valence-electron chi connectivity index (χ0n) is 11.7. The van der Waals surface area contributed by atoms with Crippen LogP contribution in [-0.2, 0) is 19.1 Å². The molecule has 0 aromatic carbocycles. The molecule has 1 fully saturated rings. The summed E-state index contributed by atoms with van der Waals surface area (Å²) in [5, 5.41) is 12.1. The fourth-order valence-electron chi connectivity index (χ4n) is 2.09. The first-order chi connectivity index (χ1) is 9.60. The maximum Gasteiger partial charge on any atom is 0.311 e. The number of rotatable bonds is 9. The van der Waals surface area contributed by atoms with Gasteiger partial charge in [-0.1, -0.05) is 6.08 Å². The first-order valence-electron chi connectivity index (χ1n) is 6.87. The molecule has 0 atom stereocenters. The van der Waals surface area contributed by atoms with Gasteiger partial charge in [0.1, 0.15) is 0 Å². The highest BCUT2D eigenvalue weighted by Gasteiger charge is 2.40. The number of nitrogens with one attached hydrogen (secondary N) is 1. The molecule has 1 aliphatic heterocycles. The third-order valence-corrected chi connectivity index (χ3v) is 3.46. The highest BCUT2D eigenvalue weighted by Crippen LogP contribution is 2.30. The molecule has 0 aliphatic carbocycles. The van der Waals surface area contributed by atoms with E-state index in [2.05, 4.69) is 11.9 Å². The molecule has 0 spiro atoms. The number of amides is 1. The average Bonchev–Trinajstić information content (AvgIpc) is 2.46. The molecule has 6 nitrogen and oxygen atoms in total. The van der Waals surface area contributed by atoms with Gasteiger partial charge in [-0.15, -0.1) is 6.58 Å². The normalized spacial score (nSPS) is 17.4. The maximum absolute atomic E-state index is 11.7. The summed E-state index contributed by atoms with van der Waals surface area (Å²) in [6.45, 7) is 5.52. The van der Waals surface area contributed by atoms with Gasteiger partial charge in [0.15, 0.2) is 0 Å². The average molecular weight is 285 g/mol. The number of aliphatic carboxylic acids is 1. The van der Waals surface area contributed by atoms with E-state index < -0.39 is 11.4 Å². The summed E-state index contributed by atoms with van der Waals surface area (Å²) in [4.78, 5) is 23.1. The van der Waals surface area contributed by atoms with Crippen LogP contribution in [0.5, 0.6) is 0 Å². The Morgan fingerprint density at radius 1 is 1.40 bits per heavy atom. The molecule has 1 amide bonds. The van der Waals surface area contributed by atoms with Crippen molar-refractivity contribution in [1.29, 1.82) is 0 Å². The summed E-state index contributed by atoms with van der Waals surface area (Å²) in [5.74, 6) is -1.00. The molecule has 2 N–H and O–H groups in total. The van der Waals surface area contributed by atoms with Gasteiger partial charge in [0.2, 0.25) is 5.91 Å². The van der Waals surface area contributed by atoms with Crippen molar-refractivity contribution in [2.45, 2.75) is 25.7 Å². The molecule has 0 aromatic rings. The van der Waals surface area contributed by atoms with Crippen molar-refractivity contribution < 1.29 is 24.2 Å². The monoisotopic (exact) mass is 285 g/mol. The van der Waals surface area contributed by atoms with Crippen LogP contribution in [0.3, 0.4) is 0 Å². The van der Waals surface area contributed by atoms with Crippen LogP contribution in [0, 0.1) is 5.41 Å². The predicted octanol–water partition coefficient (Wildman–Crippen LogP) is 0.967. The van der Waals surface area contributed by atoms with Gasteiger partial charge in [-0.3, -0.25) is 9.59 Å². The second-order valence-corrected chi connectivity index (χ2v) is 4.94. The van der Waals surface area contributed by atoms with Gasteiger partial charge < -0.3 is 19.9 Å². The Morgan fingerprint density at radius 3 is 2.70 bits per heavy atom. The van der Waals surface area contributed by atoms with E-state index in [9.17, 15) is 14.7 Å². The number of carboxylic acids is 1. The zero-order valence-corrected chi connectivity index (χ0v) is 11.7. The van der Waals surface area contributed by atoms with E-state index in [0.717, 1.165) is 0 Å². The number of hydrogen-bond donors (Lipinski definition) is 2. The van der Waals surface area contributed by atoms with Crippen LogP contribution in [0.1, 0.15) is 25.7 Å². The number of carbonyl (C=O) groups is 2. The minimum atomic E-state index is -0.882. The minimum absolute atomic E-state index is 0.140. The van der Waals surface area contributed by atoms with E-state index in [1.807, 2.05) is 0 Å². The number of carboxylic acid groups (broad SMARTS) is 1. The summed E-state index contributed by atoms with van der Waals surface area (Å²) in [7, 11) is 0. The van der Waals surface area contributed by atoms with Gasteiger partial charge in [-0.25, -0.2) is 0 Å². The molecule has 20 heavy (non-hydrogen) atoms. The minimum Gasteiger partial charge on any atom is -0.481 e. The van der Waals surface area contributed by atoms with Gasteiger partial charge in [0.05, 0.1) is 12.0 Å². The Kier molecular flexibility index (Phi) is 7.25. The third kappa shape index (κ3) is 5.30. The lowest BCUT2D eigenvalue weighted by atomic mass is 9.80. The zero-order chi connectivity index (χ0) is 14.8. The summed E-state index contributed by atoms with van der Waals surface area (Å²) in [6, 6.07) is 0. The van der Waals surface area contributed by atoms with E-state index in [0.29, 0.717) is 52.1 Å². The Balaban J connectivity index is 2.27. The number of hydrogen-bond acceptors (Lipinski definition) is 4. The fraction of sp³-hybridized carbons (Fsp3) is 0.714. The van der Waals surface area contributed by atoms with Crippen molar-refractivity contribution in [1.82, 2.24) is 5.32 Å². The molecule has 1 aliphatic rings. The van der Waals surface area contributed by atoms with E-state index in [-0.39, 0.29) is 12.5 Å². The van der Waals surface area contributed by atoms with Crippen LogP contribution in [0.25, 0.3) is 0 Å². The van der Waals surface area contributed by atoms with Crippen LogP contribution in [0.2, 0.25) is 0 Å². The van der Waals surface area contributed by atoms with E-state index in [1.54, 1.807) is 6.08 Å². The molecule has 6 heteroatoms. The van der Waals surface area contributed by atoms with Crippen LogP contribution in [0.4, 0.5) is 0 Å². The van der Waals surface area contributed by atoms with Gasteiger partial charge in [-0.05, 0) is 19.3 Å². The van der Waals surface area contributed by atoms with Crippen molar-refractivity contribution in [3.05, 3.63) is 12.7 Å². The first kappa shape index (κ1) is 16.7. The standard InChI is InChI=1S/C14H23NO5/c1-2-7-19-8-3-4-12(16)15-11-14(13(17)18)5-9-20-10-6-14/h2H,1,3-11H2,(H,15,16)(H,17,18). The first-order valence-corrected chi connectivity index (χ1v) is 6.87. The molecule has 1 rings (SSSR count). The molecular weight excluding hydrogens is 262 g/mol. The van der Waals surface area contributed by atoms with E-state index >= 15 is 0 Å². The Hall–Kier alpha value is -1.40. The Morgan fingerprint density at radius 2 is 2.10 bits per heavy atom. The molecular formula is C14H23NO5. The van der Waals surface area contributed by atoms with Crippen molar-refractivity contribution >= 4 is 11.9 Å². The molecule has 1 heterocycles. The van der Waals surface area contributed by atoms with Gasteiger partial charge in [0, 0.05) is 32.8 Å². The van der Waals surface area contributed by atoms with Crippen molar-refractivity contribution in [2.24, 2.45) is 5.41 Å². The van der Waals surface area contributed by atoms with Crippen molar-refractivity contribution in [2.75, 3.05) is 33.0 Å². The Bertz CT molecular complexity index is 336. The SMILES string of the molecule is C=CCOCCCC(=O)NCC1(C(=O)O)CCOCC1. The lowest BCUT2D eigenvalue weighted by Crippen LogP contribution is -2.46. The van der Waals surface area contributed by atoms with Crippen LogP contribution >= 0.6 is 0 Å². The lowest BCUT2D eigenvalue weighted by molar-refractivity contribution is -0.154. The fourth-order valence-corrected chi connectivity index (χ4v) is 2.09. The van der Waals surface area contributed by atoms with Crippen LogP contribution in [-0.4, -0.2) is 50.0 Å². The third-order valence-electron chi connectivity index (χ3n) is 3.46. The molecule has 0 unspecified atom stereocenters. The van der Waals surface area contributed by atoms with Crippen LogP contribution in [0.15, 0.2) is 12.7 Å². The largest absolute Gasteiger partial charge is 0.481 e. The second-order valence-electron chi connectivity index (χ2n) is 4.94. The van der Waals surface area contributed by atoms with Crippen LogP contribution < -0.4 is 5.32 Å². The molecule has 114 valence electrons. The lowest BCUT2D eigenvalue weighted by Gasteiger charge is -2.33.